The van der Waals surface area contributed by atoms with Gasteiger partial charge >= 0.3 is 0 Å². The number of nitrogens with zero attached hydrogens (tertiary/aromatic N) is 1. The van der Waals surface area contributed by atoms with Crippen molar-refractivity contribution in [1.82, 2.24) is 4.31 Å². The molecule has 0 unspecified atom stereocenters. The minimum absolute atomic E-state index is 0.248. The van der Waals surface area contributed by atoms with Gasteiger partial charge in [0.1, 0.15) is 0 Å². The van der Waals surface area contributed by atoms with E-state index in [1.165, 1.54) is 0 Å². The highest BCUT2D eigenvalue weighted by Gasteiger charge is 2.27. The molecule has 0 saturated carbocycles. The summed E-state index contributed by atoms with van der Waals surface area (Å²) in [7, 11) is -3.58. The van der Waals surface area contributed by atoms with E-state index in [4.69, 9.17) is 11.6 Å². The van der Waals surface area contributed by atoms with Crippen LogP contribution in [0.25, 0.3) is 0 Å². The van der Waals surface area contributed by atoms with Crippen LogP contribution in [-0.4, -0.2) is 31.7 Å². The molecule has 0 bridgehead atoms. The van der Waals surface area contributed by atoms with Crippen LogP contribution in [0.5, 0.6) is 0 Å². The zero-order chi connectivity index (χ0) is 19.4. The molecule has 0 aliphatic carbocycles. The number of hydrogen-bond donors (Lipinski definition) is 1. The lowest BCUT2D eigenvalue weighted by Gasteiger charge is -2.21. The summed E-state index contributed by atoms with van der Waals surface area (Å²) in [5, 5.41) is 3.32. The average molecular weight is 407 g/mol. The number of anilines is 1. The van der Waals surface area contributed by atoms with Gasteiger partial charge in [0.15, 0.2) is 0 Å². The Morgan fingerprint density at radius 3 is 2.26 bits per heavy atom. The molecule has 1 aliphatic rings. The van der Waals surface area contributed by atoms with Gasteiger partial charge in [-0.2, -0.15) is 4.31 Å². The number of carbonyl (C=O) groups excluding carboxylic acids is 1. The first kappa shape index (κ1) is 19.9. The molecule has 2 aromatic carbocycles. The minimum atomic E-state index is -3.58. The fourth-order valence-corrected chi connectivity index (χ4v) is 5.08. The summed E-state index contributed by atoms with van der Waals surface area (Å²) in [5.41, 5.74) is 1.58. The van der Waals surface area contributed by atoms with Crippen LogP contribution in [0.3, 0.4) is 0 Å². The monoisotopic (exact) mass is 406 g/mol. The van der Waals surface area contributed by atoms with E-state index in [1.54, 1.807) is 53.7 Å². The molecule has 2 aromatic rings. The summed E-state index contributed by atoms with van der Waals surface area (Å²) in [6, 6.07) is 11.5. The summed E-state index contributed by atoms with van der Waals surface area (Å²) in [4.78, 5) is 12.7. The predicted octanol–water partition coefficient (Wildman–Crippen LogP) is 4.47. The van der Waals surface area contributed by atoms with E-state index in [9.17, 15) is 13.2 Å². The standard InChI is InChI=1S/C20H23ClN2O3S/c1-15-6-11-18(22-20(24)16-7-9-17(21)10-8-16)14-19(15)27(25,26)23-12-4-2-3-5-13-23/h6-11,14H,2-5,12-13H2,1H3,(H,22,24). The van der Waals surface area contributed by atoms with Gasteiger partial charge in [-0.1, -0.05) is 30.5 Å². The number of halogens is 1. The lowest BCUT2D eigenvalue weighted by atomic mass is 10.2. The van der Waals surface area contributed by atoms with Crippen LogP contribution < -0.4 is 5.32 Å². The van der Waals surface area contributed by atoms with E-state index >= 15 is 0 Å². The smallest absolute Gasteiger partial charge is 0.255 e. The number of hydrogen-bond acceptors (Lipinski definition) is 3. The molecule has 1 heterocycles. The van der Waals surface area contributed by atoms with Crippen molar-refractivity contribution in [2.24, 2.45) is 0 Å². The van der Waals surface area contributed by atoms with Gasteiger partial charge in [0, 0.05) is 29.4 Å². The number of carbonyl (C=O) groups is 1. The fraction of sp³-hybridized carbons (Fsp3) is 0.350. The van der Waals surface area contributed by atoms with Gasteiger partial charge < -0.3 is 5.32 Å². The van der Waals surface area contributed by atoms with Crippen molar-refractivity contribution >= 4 is 33.2 Å². The summed E-state index contributed by atoms with van der Waals surface area (Å²) >= 11 is 5.85. The van der Waals surface area contributed by atoms with E-state index in [-0.39, 0.29) is 10.8 Å². The SMILES string of the molecule is Cc1ccc(NC(=O)c2ccc(Cl)cc2)cc1S(=O)(=O)N1CCCCCC1. The van der Waals surface area contributed by atoms with Crippen LogP contribution in [0.15, 0.2) is 47.4 Å². The number of rotatable bonds is 4. The minimum Gasteiger partial charge on any atom is -0.322 e. The fourth-order valence-electron chi connectivity index (χ4n) is 3.18. The van der Waals surface area contributed by atoms with Gasteiger partial charge in [0.2, 0.25) is 10.0 Å². The van der Waals surface area contributed by atoms with Gasteiger partial charge in [0.05, 0.1) is 4.90 Å². The zero-order valence-corrected chi connectivity index (χ0v) is 16.8. The molecule has 0 aromatic heterocycles. The zero-order valence-electron chi connectivity index (χ0n) is 15.2. The molecule has 0 spiro atoms. The molecule has 3 rings (SSSR count). The number of amides is 1. The summed E-state index contributed by atoms with van der Waals surface area (Å²) < 4.78 is 27.8. The molecule has 0 atom stereocenters. The number of sulfonamides is 1. The predicted molar refractivity (Wildman–Crippen MR) is 108 cm³/mol. The van der Waals surface area contributed by atoms with E-state index in [0.717, 1.165) is 25.7 Å². The maximum atomic E-state index is 13.1. The van der Waals surface area contributed by atoms with Crippen molar-refractivity contribution in [3.63, 3.8) is 0 Å². The second kappa shape index (κ2) is 8.42. The maximum Gasteiger partial charge on any atom is 0.255 e. The van der Waals surface area contributed by atoms with Crippen molar-refractivity contribution in [3.8, 4) is 0 Å². The third-order valence-electron chi connectivity index (χ3n) is 4.74. The highest BCUT2D eigenvalue weighted by atomic mass is 35.5. The van der Waals surface area contributed by atoms with Crippen LogP contribution in [0.2, 0.25) is 5.02 Å². The number of benzene rings is 2. The Kier molecular flexibility index (Phi) is 6.19. The largest absolute Gasteiger partial charge is 0.322 e. The molecule has 1 saturated heterocycles. The van der Waals surface area contributed by atoms with Gasteiger partial charge in [0.25, 0.3) is 5.91 Å². The van der Waals surface area contributed by atoms with Crippen molar-refractivity contribution in [2.45, 2.75) is 37.5 Å². The normalized spacial score (nSPS) is 15.9. The molecular formula is C20H23ClN2O3S. The highest BCUT2D eigenvalue weighted by molar-refractivity contribution is 7.89. The van der Waals surface area contributed by atoms with E-state index < -0.39 is 10.0 Å². The second-order valence-electron chi connectivity index (χ2n) is 6.76. The summed E-state index contributed by atoms with van der Waals surface area (Å²) in [5.74, 6) is -0.311. The van der Waals surface area contributed by atoms with Crippen molar-refractivity contribution in [3.05, 3.63) is 58.6 Å². The highest BCUT2D eigenvalue weighted by Crippen LogP contribution is 2.26. The van der Waals surface area contributed by atoms with Crippen LogP contribution in [0, 0.1) is 6.92 Å². The summed E-state index contributed by atoms with van der Waals surface area (Å²) in [6.07, 6.45) is 3.88. The van der Waals surface area contributed by atoms with Gasteiger partial charge in [-0.25, -0.2) is 8.42 Å². The Hall–Kier alpha value is -1.89. The molecular weight excluding hydrogens is 384 g/mol. The lowest BCUT2D eigenvalue weighted by molar-refractivity contribution is 0.102. The lowest BCUT2D eigenvalue weighted by Crippen LogP contribution is -2.32. The quantitative estimate of drug-likeness (QED) is 0.814. The van der Waals surface area contributed by atoms with Crippen LogP contribution in [0.4, 0.5) is 5.69 Å². The molecule has 0 radical (unpaired) electrons. The molecule has 1 aliphatic heterocycles. The molecule has 144 valence electrons. The van der Waals surface area contributed by atoms with Crippen LogP contribution >= 0.6 is 11.6 Å². The third-order valence-corrected chi connectivity index (χ3v) is 7.03. The van der Waals surface area contributed by atoms with Crippen LogP contribution in [-0.2, 0) is 10.0 Å². The Balaban J connectivity index is 1.85. The average Bonchev–Trinajstić information content (AvgIpc) is 2.93. The molecule has 1 amide bonds. The Bertz CT molecular complexity index is 919. The first-order valence-electron chi connectivity index (χ1n) is 9.05. The second-order valence-corrected chi connectivity index (χ2v) is 9.10. The molecule has 5 nitrogen and oxygen atoms in total. The third kappa shape index (κ3) is 4.69. The molecule has 1 fully saturated rings. The Morgan fingerprint density at radius 1 is 1.00 bits per heavy atom. The van der Waals surface area contributed by atoms with Crippen LogP contribution in [0.1, 0.15) is 41.6 Å². The molecule has 27 heavy (non-hydrogen) atoms. The van der Waals surface area contributed by atoms with E-state index in [2.05, 4.69) is 5.32 Å². The van der Waals surface area contributed by atoms with E-state index in [1.807, 2.05) is 0 Å². The van der Waals surface area contributed by atoms with E-state index in [0.29, 0.717) is 34.9 Å². The Morgan fingerprint density at radius 2 is 1.63 bits per heavy atom. The first-order chi connectivity index (χ1) is 12.9. The number of nitrogens with one attached hydrogen (secondary N) is 1. The maximum absolute atomic E-state index is 13.1. The van der Waals surface area contributed by atoms with Gasteiger partial charge in [-0.3, -0.25) is 4.79 Å². The Labute approximate surface area is 165 Å². The molecule has 7 heteroatoms. The van der Waals surface area contributed by atoms with Gasteiger partial charge in [-0.15, -0.1) is 0 Å². The number of aryl methyl sites for hydroxylation is 1. The van der Waals surface area contributed by atoms with Gasteiger partial charge in [-0.05, 0) is 61.7 Å². The topological polar surface area (TPSA) is 66.5 Å². The van der Waals surface area contributed by atoms with Crippen molar-refractivity contribution in [2.75, 3.05) is 18.4 Å². The first-order valence-corrected chi connectivity index (χ1v) is 10.9. The van der Waals surface area contributed by atoms with Crippen molar-refractivity contribution < 1.29 is 13.2 Å². The summed E-state index contributed by atoms with van der Waals surface area (Å²) in [6.45, 7) is 2.86. The van der Waals surface area contributed by atoms with Crippen molar-refractivity contribution in [1.29, 1.82) is 0 Å². The molecule has 1 N–H and O–H groups in total.